The van der Waals surface area contributed by atoms with E-state index in [-0.39, 0.29) is 11.3 Å². The number of pyridine rings is 1. The summed E-state index contributed by atoms with van der Waals surface area (Å²) in [7, 11) is 0. The smallest absolute Gasteiger partial charge is 0.257 e. The number of hydrogen-bond acceptors (Lipinski definition) is 3. The summed E-state index contributed by atoms with van der Waals surface area (Å²) in [5.74, 6) is -0.186. The molecule has 1 amide bonds. The van der Waals surface area contributed by atoms with Gasteiger partial charge in [-0.3, -0.25) is 9.78 Å². The summed E-state index contributed by atoms with van der Waals surface area (Å²) in [6.45, 7) is 6.48. The van der Waals surface area contributed by atoms with Gasteiger partial charge >= 0.3 is 0 Å². The van der Waals surface area contributed by atoms with E-state index in [4.69, 9.17) is 5.73 Å². The van der Waals surface area contributed by atoms with Crippen molar-refractivity contribution < 1.29 is 4.79 Å². The molecule has 0 aliphatic carbocycles. The van der Waals surface area contributed by atoms with Crippen molar-refractivity contribution in [2.45, 2.75) is 26.2 Å². The van der Waals surface area contributed by atoms with Crippen molar-refractivity contribution in [3.05, 3.63) is 78.0 Å². The number of nitrogens with two attached hydrogens (primary N) is 1. The Morgan fingerprint density at radius 1 is 0.962 bits per heavy atom. The number of nitrogens with zero attached hydrogens (tertiary/aromatic N) is 1. The van der Waals surface area contributed by atoms with Gasteiger partial charge in [-0.2, -0.15) is 0 Å². The van der Waals surface area contributed by atoms with Gasteiger partial charge in [-0.1, -0.05) is 51.1 Å². The first-order chi connectivity index (χ1) is 12.3. The van der Waals surface area contributed by atoms with E-state index in [0.29, 0.717) is 11.3 Å². The summed E-state index contributed by atoms with van der Waals surface area (Å²) < 4.78 is 0. The van der Waals surface area contributed by atoms with E-state index >= 15 is 0 Å². The summed E-state index contributed by atoms with van der Waals surface area (Å²) in [6, 6.07) is 19.0. The molecule has 3 aromatic rings. The minimum absolute atomic E-state index is 0.0849. The number of nitrogen functional groups attached to an aromatic ring is 1. The lowest BCUT2D eigenvalue weighted by Crippen LogP contribution is -2.13. The fourth-order valence-electron chi connectivity index (χ4n) is 2.67. The highest BCUT2D eigenvalue weighted by Gasteiger charge is 2.14. The second kappa shape index (κ2) is 7.00. The van der Waals surface area contributed by atoms with Gasteiger partial charge in [-0.15, -0.1) is 0 Å². The van der Waals surface area contributed by atoms with Crippen molar-refractivity contribution in [1.82, 2.24) is 4.98 Å². The van der Waals surface area contributed by atoms with Gasteiger partial charge in [0.15, 0.2) is 0 Å². The summed E-state index contributed by atoms with van der Waals surface area (Å²) in [5, 5.41) is 2.90. The third kappa shape index (κ3) is 3.91. The molecule has 3 rings (SSSR count). The highest BCUT2D eigenvalue weighted by molar-refractivity contribution is 6.04. The van der Waals surface area contributed by atoms with Crippen molar-refractivity contribution in [2.24, 2.45) is 0 Å². The number of carbonyl (C=O) groups excluding carboxylic acids is 1. The fourth-order valence-corrected chi connectivity index (χ4v) is 2.67. The van der Waals surface area contributed by atoms with Crippen LogP contribution in [0.3, 0.4) is 0 Å². The molecule has 0 unspecified atom stereocenters. The molecular formula is C22H23N3O. The molecule has 0 fully saturated rings. The van der Waals surface area contributed by atoms with E-state index in [1.54, 1.807) is 12.3 Å². The normalized spacial score (nSPS) is 11.2. The van der Waals surface area contributed by atoms with Gasteiger partial charge in [0.25, 0.3) is 5.91 Å². The fraction of sp³-hybridized carbons (Fsp3) is 0.182. The average Bonchev–Trinajstić information content (AvgIpc) is 2.62. The standard InChI is InChI=1S/C22H23N3O/c1-22(2,3)16-9-11-17(12-10-16)25-21(26)15-8-13-20(24-14-15)18-6-4-5-7-19(18)23/h4-14H,23H2,1-3H3,(H,25,26). The predicted molar refractivity (Wildman–Crippen MR) is 107 cm³/mol. The van der Waals surface area contributed by atoms with Crippen LogP contribution in [0.15, 0.2) is 66.9 Å². The molecule has 4 nitrogen and oxygen atoms in total. The van der Waals surface area contributed by atoms with Crippen LogP contribution in [0.1, 0.15) is 36.7 Å². The molecule has 4 heteroatoms. The largest absolute Gasteiger partial charge is 0.398 e. The molecule has 0 radical (unpaired) electrons. The SMILES string of the molecule is CC(C)(C)c1ccc(NC(=O)c2ccc(-c3ccccc3N)nc2)cc1. The Kier molecular flexibility index (Phi) is 4.76. The van der Waals surface area contributed by atoms with Gasteiger partial charge < -0.3 is 11.1 Å². The van der Waals surface area contributed by atoms with Crippen LogP contribution in [0.25, 0.3) is 11.3 Å². The summed E-state index contributed by atoms with van der Waals surface area (Å²) in [5.41, 5.74) is 10.8. The molecule has 0 spiro atoms. The Morgan fingerprint density at radius 2 is 1.65 bits per heavy atom. The number of para-hydroxylation sites is 1. The summed E-state index contributed by atoms with van der Waals surface area (Å²) in [6.07, 6.45) is 1.57. The van der Waals surface area contributed by atoms with E-state index in [0.717, 1.165) is 16.9 Å². The van der Waals surface area contributed by atoms with Gasteiger partial charge in [-0.05, 0) is 41.3 Å². The van der Waals surface area contributed by atoms with Crippen LogP contribution in [0, 0.1) is 0 Å². The first kappa shape index (κ1) is 17.7. The number of carbonyl (C=O) groups is 1. The number of benzene rings is 2. The second-order valence-electron chi connectivity index (χ2n) is 7.30. The number of hydrogen-bond donors (Lipinski definition) is 2. The molecule has 0 saturated carbocycles. The molecule has 3 N–H and O–H groups in total. The van der Waals surface area contributed by atoms with E-state index in [2.05, 4.69) is 31.1 Å². The van der Waals surface area contributed by atoms with E-state index in [1.165, 1.54) is 5.56 Å². The number of nitrogens with one attached hydrogen (secondary N) is 1. The van der Waals surface area contributed by atoms with Crippen LogP contribution in [-0.4, -0.2) is 10.9 Å². The van der Waals surface area contributed by atoms with Crippen LogP contribution in [-0.2, 0) is 5.41 Å². The van der Waals surface area contributed by atoms with Gasteiger partial charge in [-0.25, -0.2) is 0 Å². The molecule has 0 aliphatic heterocycles. The zero-order valence-electron chi connectivity index (χ0n) is 15.3. The first-order valence-corrected chi connectivity index (χ1v) is 8.57. The Hall–Kier alpha value is -3.14. The summed E-state index contributed by atoms with van der Waals surface area (Å²) >= 11 is 0. The highest BCUT2D eigenvalue weighted by atomic mass is 16.1. The minimum atomic E-state index is -0.186. The molecule has 0 atom stereocenters. The van der Waals surface area contributed by atoms with Crippen LogP contribution < -0.4 is 11.1 Å². The monoisotopic (exact) mass is 345 g/mol. The number of aromatic nitrogens is 1. The minimum Gasteiger partial charge on any atom is -0.398 e. The zero-order valence-corrected chi connectivity index (χ0v) is 15.3. The van der Waals surface area contributed by atoms with E-state index < -0.39 is 0 Å². The molecule has 1 aromatic heterocycles. The number of amides is 1. The number of rotatable bonds is 3. The molecule has 1 heterocycles. The van der Waals surface area contributed by atoms with Gasteiger partial charge in [0.1, 0.15) is 0 Å². The highest BCUT2D eigenvalue weighted by Crippen LogP contribution is 2.25. The lowest BCUT2D eigenvalue weighted by molar-refractivity contribution is 0.102. The molecular weight excluding hydrogens is 322 g/mol. The lowest BCUT2D eigenvalue weighted by Gasteiger charge is -2.19. The average molecular weight is 345 g/mol. The second-order valence-corrected chi connectivity index (χ2v) is 7.30. The Morgan fingerprint density at radius 3 is 2.23 bits per heavy atom. The molecule has 0 aliphatic rings. The van der Waals surface area contributed by atoms with Gasteiger partial charge in [0.2, 0.25) is 0 Å². The van der Waals surface area contributed by atoms with Crippen molar-refractivity contribution in [3.63, 3.8) is 0 Å². The van der Waals surface area contributed by atoms with Crippen LogP contribution in [0.4, 0.5) is 11.4 Å². The Balaban J connectivity index is 1.73. The van der Waals surface area contributed by atoms with E-state index in [9.17, 15) is 4.79 Å². The van der Waals surface area contributed by atoms with Crippen molar-refractivity contribution in [2.75, 3.05) is 11.1 Å². The van der Waals surface area contributed by atoms with Crippen LogP contribution in [0.2, 0.25) is 0 Å². The van der Waals surface area contributed by atoms with Crippen molar-refractivity contribution in [3.8, 4) is 11.3 Å². The summed E-state index contributed by atoms with van der Waals surface area (Å²) in [4.78, 5) is 16.8. The Bertz CT molecular complexity index is 907. The van der Waals surface area contributed by atoms with Gasteiger partial charge in [0, 0.05) is 23.1 Å². The molecule has 26 heavy (non-hydrogen) atoms. The third-order valence-electron chi connectivity index (χ3n) is 4.27. The maximum absolute atomic E-state index is 12.4. The van der Waals surface area contributed by atoms with Crippen molar-refractivity contribution >= 4 is 17.3 Å². The first-order valence-electron chi connectivity index (χ1n) is 8.57. The van der Waals surface area contributed by atoms with Gasteiger partial charge in [0.05, 0.1) is 11.3 Å². The maximum Gasteiger partial charge on any atom is 0.257 e. The van der Waals surface area contributed by atoms with E-state index in [1.807, 2.05) is 54.6 Å². The third-order valence-corrected chi connectivity index (χ3v) is 4.27. The van der Waals surface area contributed by atoms with Crippen molar-refractivity contribution in [1.29, 1.82) is 0 Å². The number of anilines is 2. The van der Waals surface area contributed by atoms with Crippen LogP contribution in [0.5, 0.6) is 0 Å². The quantitative estimate of drug-likeness (QED) is 0.665. The molecule has 2 aromatic carbocycles. The predicted octanol–water partition coefficient (Wildman–Crippen LogP) is 4.88. The van der Waals surface area contributed by atoms with Crippen LogP contribution >= 0.6 is 0 Å². The maximum atomic E-state index is 12.4. The molecule has 132 valence electrons. The Labute approximate surface area is 154 Å². The molecule has 0 saturated heterocycles. The zero-order chi connectivity index (χ0) is 18.7. The topological polar surface area (TPSA) is 68.0 Å². The molecule has 0 bridgehead atoms. The lowest BCUT2D eigenvalue weighted by atomic mass is 9.87.